The van der Waals surface area contributed by atoms with Gasteiger partial charge in [0, 0.05) is 12.6 Å². The van der Waals surface area contributed by atoms with Gasteiger partial charge in [0.05, 0.1) is 13.7 Å². The van der Waals surface area contributed by atoms with E-state index in [0.717, 1.165) is 25.8 Å². The number of rotatable bonds is 5. The minimum atomic E-state index is -0.505. The molecule has 0 saturated carbocycles. The summed E-state index contributed by atoms with van der Waals surface area (Å²) >= 11 is 0. The molecular weight excluding hydrogens is 324 g/mol. The highest BCUT2D eigenvalue weighted by Gasteiger charge is 2.25. The molecule has 1 N–H and O–H groups in total. The van der Waals surface area contributed by atoms with Crippen LogP contribution in [0.5, 0.6) is 0 Å². The molecule has 0 spiro atoms. The van der Waals surface area contributed by atoms with Crippen LogP contribution in [0, 0.1) is 0 Å². The molecule has 0 bridgehead atoms. The molecule has 1 atom stereocenters. The molecule has 1 aliphatic rings. The number of esters is 1. The van der Waals surface area contributed by atoms with Crippen LogP contribution in [0.4, 0.5) is 4.79 Å². The number of hydrogen-bond donors (Lipinski definition) is 1. The third kappa shape index (κ3) is 6.08. The molecule has 0 unspecified atom stereocenters. The normalized spacial score (nSPS) is 18.6. The number of amides is 1. The lowest BCUT2D eigenvalue weighted by molar-refractivity contribution is 0.0483. The van der Waals surface area contributed by atoms with E-state index in [1.54, 1.807) is 12.1 Å². The number of furan rings is 1. The minimum Gasteiger partial charge on any atom is -0.463 e. The molecule has 2 heterocycles. The fourth-order valence-electron chi connectivity index (χ4n) is 2.89. The van der Waals surface area contributed by atoms with Crippen LogP contribution in [0.25, 0.3) is 0 Å². The van der Waals surface area contributed by atoms with Crippen LogP contribution in [0.2, 0.25) is 0 Å². The predicted octanol–water partition coefficient (Wildman–Crippen LogP) is 2.95. The molecule has 7 nitrogen and oxygen atoms in total. The van der Waals surface area contributed by atoms with Gasteiger partial charge in [0.2, 0.25) is 5.76 Å². The van der Waals surface area contributed by atoms with Gasteiger partial charge < -0.3 is 19.2 Å². The third-order valence-corrected chi connectivity index (χ3v) is 4.04. The number of ether oxygens (including phenoxy) is 2. The zero-order valence-corrected chi connectivity index (χ0v) is 15.5. The molecule has 1 saturated heterocycles. The van der Waals surface area contributed by atoms with E-state index in [9.17, 15) is 9.59 Å². The van der Waals surface area contributed by atoms with Crippen molar-refractivity contribution in [1.82, 2.24) is 10.2 Å². The summed E-state index contributed by atoms with van der Waals surface area (Å²) < 4.78 is 15.5. The highest BCUT2D eigenvalue weighted by atomic mass is 16.6. The van der Waals surface area contributed by atoms with E-state index < -0.39 is 17.7 Å². The van der Waals surface area contributed by atoms with Crippen molar-refractivity contribution in [2.24, 2.45) is 0 Å². The Balaban J connectivity index is 1.90. The molecule has 140 valence electrons. The number of carbonyl (C=O) groups excluding carboxylic acids is 2. The maximum absolute atomic E-state index is 11.9. The van der Waals surface area contributed by atoms with E-state index in [2.05, 4.69) is 15.0 Å². The van der Waals surface area contributed by atoms with Gasteiger partial charge in [-0.2, -0.15) is 0 Å². The van der Waals surface area contributed by atoms with Crippen LogP contribution >= 0.6 is 0 Å². The third-order valence-electron chi connectivity index (χ3n) is 4.04. The molecule has 0 radical (unpaired) electrons. The summed E-state index contributed by atoms with van der Waals surface area (Å²) in [4.78, 5) is 25.6. The number of hydrogen-bond acceptors (Lipinski definition) is 6. The van der Waals surface area contributed by atoms with Crippen molar-refractivity contribution < 1.29 is 23.5 Å². The lowest BCUT2D eigenvalue weighted by atomic mass is 10.0. The van der Waals surface area contributed by atoms with Gasteiger partial charge in [0.15, 0.2) is 0 Å². The highest BCUT2D eigenvalue weighted by molar-refractivity contribution is 5.86. The molecule has 0 aliphatic carbocycles. The number of alkyl carbamates (subject to hydrolysis) is 1. The molecule has 1 amide bonds. The van der Waals surface area contributed by atoms with Gasteiger partial charge >= 0.3 is 12.1 Å². The Morgan fingerprint density at radius 1 is 1.32 bits per heavy atom. The first-order chi connectivity index (χ1) is 11.8. The minimum absolute atomic E-state index is 0.206. The first-order valence-electron chi connectivity index (χ1n) is 8.66. The summed E-state index contributed by atoms with van der Waals surface area (Å²) in [7, 11) is 1.33. The van der Waals surface area contributed by atoms with Crippen molar-refractivity contribution in [3.05, 3.63) is 23.7 Å². The zero-order valence-electron chi connectivity index (χ0n) is 15.5. The number of methoxy groups -OCH3 is 1. The summed E-state index contributed by atoms with van der Waals surface area (Å²) in [6.07, 6.45) is 2.83. The van der Waals surface area contributed by atoms with Crippen LogP contribution in [-0.4, -0.2) is 48.8 Å². The van der Waals surface area contributed by atoms with Gasteiger partial charge in [-0.15, -0.1) is 0 Å². The van der Waals surface area contributed by atoms with Gasteiger partial charge in [0.25, 0.3) is 0 Å². The Morgan fingerprint density at radius 2 is 2.08 bits per heavy atom. The van der Waals surface area contributed by atoms with Gasteiger partial charge in [-0.05, 0) is 52.3 Å². The summed E-state index contributed by atoms with van der Waals surface area (Å²) in [6.45, 7) is 7.58. The van der Waals surface area contributed by atoms with Crippen molar-refractivity contribution in [3.8, 4) is 0 Å². The second-order valence-electron chi connectivity index (χ2n) is 7.26. The van der Waals surface area contributed by atoms with Gasteiger partial charge in [-0.1, -0.05) is 6.42 Å². The molecule has 0 aromatic carbocycles. The van der Waals surface area contributed by atoms with E-state index >= 15 is 0 Å². The first kappa shape index (κ1) is 19.3. The molecule has 2 rings (SSSR count). The van der Waals surface area contributed by atoms with E-state index in [0.29, 0.717) is 18.8 Å². The Bertz CT molecular complexity index is 591. The number of piperidine rings is 1. The van der Waals surface area contributed by atoms with Gasteiger partial charge in [0.1, 0.15) is 11.4 Å². The van der Waals surface area contributed by atoms with Crippen molar-refractivity contribution in [3.63, 3.8) is 0 Å². The second kappa shape index (κ2) is 8.38. The Hall–Kier alpha value is -2.02. The summed E-state index contributed by atoms with van der Waals surface area (Å²) in [5.41, 5.74) is -0.505. The van der Waals surface area contributed by atoms with Crippen molar-refractivity contribution >= 4 is 12.1 Å². The molecule has 25 heavy (non-hydrogen) atoms. The van der Waals surface area contributed by atoms with Crippen LogP contribution in [0.3, 0.4) is 0 Å². The quantitative estimate of drug-likeness (QED) is 0.821. The fourth-order valence-corrected chi connectivity index (χ4v) is 2.89. The van der Waals surface area contributed by atoms with Crippen LogP contribution in [-0.2, 0) is 16.0 Å². The predicted molar refractivity (Wildman–Crippen MR) is 92.3 cm³/mol. The smallest absolute Gasteiger partial charge is 0.407 e. The standard InChI is InChI=1S/C18H28N2O5/c1-18(2,3)25-17(22)19-11-13-7-5-6-10-20(13)12-14-8-9-15(24-14)16(21)23-4/h8-9,13H,5-7,10-12H2,1-4H3,(H,19,22)/t13-/m0/s1. The molecule has 1 aromatic rings. The molecular formula is C18H28N2O5. The molecule has 7 heteroatoms. The van der Waals surface area contributed by atoms with Crippen molar-refractivity contribution in [1.29, 1.82) is 0 Å². The highest BCUT2D eigenvalue weighted by Crippen LogP contribution is 2.21. The average Bonchev–Trinajstić information content (AvgIpc) is 3.00. The number of likely N-dealkylation sites (tertiary alicyclic amines) is 1. The lowest BCUT2D eigenvalue weighted by Crippen LogP contribution is -2.47. The van der Waals surface area contributed by atoms with E-state index in [4.69, 9.17) is 9.15 Å². The van der Waals surface area contributed by atoms with E-state index in [-0.39, 0.29) is 11.8 Å². The monoisotopic (exact) mass is 352 g/mol. The largest absolute Gasteiger partial charge is 0.463 e. The SMILES string of the molecule is COC(=O)c1ccc(CN2CCCC[C@H]2CNC(=O)OC(C)(C)C)o1. The Labute approximate surface area is 148 Å². The average molecular weight is 352 g/mol. The van der Waals surface area contributed by atoms with Crippen LogP contribution in [0.15, 0.2) is 16.5 Å². The van der Waals surface area contributed by atoms with Crippen LogP contribution in [0.1, 0.15) is 56.3 Å². The fraction of sp³-hybridized carbons (Fsp3) is 0.667. The molecule has 1 aromatic heterocycles. The summed E-state index contributed by atoms with van der Waals surface area (Å²) in [6, 6.07) is 3.63. The summed E-state index contributed by atoms with van der Waals surface area (Å²) in [5, 5.41) is 2.85. The first-order valence-corrected chi connectivity index (χ1v) is 8.66. The molecule has 1 fully saturated rings. The summed E-state index contributed by atoms with van der Waals surface area (Å²) in [5.74, 6) is 0.440. The van der Waals surface area contributed by atoms with Crippen LogP contribution < -0.4 is 5.32 Å². The van der Waals surface area contributed by atoms with Crippen molar-refractivity contribution in [2.75, 3.05) is 20.2 Å². The van der Waals surface area contributed by atoms with E-state index in [1.807, 2.05) is 20.8 Å². The Kier molecular flexibility index (Phi) is 6.47. The molecule has 1 aliphatic heterocycles. The Morgan fingerprint density at radius 3 is 2.76 bits per heavy atom. The topological polar surface area (TPSA) is 81.0 Å². The van der Waals surface area contributed by atoms with E-state index in [1.165, 1.54) is 7.11 Å². The maximum Gasteiger partial charge on any atom is 0.407 e. The second-order valence-corrected chi connectivity index (χ2v) is 7.26. The van der Waals surface area contributed by atoms with Gasteiger partial charge in [-0.3, -0.25) is 4.90 Å². The maximum atomic E-state index is 11.9. The van der Waals surface area contributed by atoms with Crippen molar-refractivity contribution in [2.45, 2.75) is 58.2 Å². The zero-order chi connectivity index (χ0) is 18.4. The lowest BCUT2D eigenvalue weighted by Gasteiger charge is -2.35. The number of carbonyl (C=O) groups is 2. The number of nitrogens with zero attached hydrogens (tertiary/aromatic N) is 1. The van der Waals surface area contributed by atoms with Gasteiger partial charge in [-0.25, -0.2) is 9.59 Å². The number of nitrogens with one attached hydrogen (secondary N) is 1.